The first-order chi connectivity index (χ1) is 16.4. The summed E-state index contributed by atoms with van der Waals surface area (Å²) in [6.07, 6.45) is 3.21. The Kier molecular flexibility index (Phi) is 7.04. The van der Waals surface area contributed by atoms with E-state index in [1.54, 1.807) is 30.3 Å². The number of hydrogen-bond donors (Lipinski definition) is 1. The minimum Gasteiger partial charge on any atom is -0.495 e. The van der Waals surface area contributed by atoms with Crippen LogP contribution in [0, 0.1) is 12.7 Å². The van der Waals surface area contributed by atoms with Crippen LogP contribution in [0.3, 0.4) is 0 Å². The molecule has 0 atom stereocenters. The molecule has 0 aliphatic carbocycles. The standard InChI is InChI=1S/C27H23FN2O3S/c1-18-7-9-19(10-8-18)15-24-27(32)30(17-20-11-13-21(28)14-12-20)26(34-24)16-25(31)29-22-5-3-4-6-23(22)33-2/h3-16H,17H2,1-2H3,(H,29,31)/b24-15-,26-16-. The maximum absolute atomic E-state index is 13.4. The van der Waals surface area contributed by atoms with Gasteiger partial charge in [0.1, 0.15) is 16.2 Å². The Morgan fingerprint density at radius 3 is 2.47 bits per heavy atom. The van der Waals surface area contributed by atoms with Crippen molar-refractivity contribution in [2.75, 3.05) is 12.4 Å². The monoisotopic (exact) mass is 474 g/mol. The largest absolute Gasteiger partial charge is 0.495 e. The minimum atomic E-state index is -0.388. The number of hydrogen-bond acceptors (Lipinski definition) is 4. The molecular formula is C27H23FN2O3S. The molecule has 1 heterocycles. The zero-order valence-electron chi connectivity index (χ0n) is 18.7. The summed E-state index contributed by atoms with van der Waals surface area (Å²) in [4.78, 5) is 26.1. The number of thiazole rings is 1. The molecular weight excluding hydrogens is 451 g/mol. The fraction of sp³-hybridized carbons (Fsp3) is 0.111. The van der Waals surface area contributed by atoms with Crippen LogP contribution in [0.25, 0.3) is 12.2 Å². The zero-order chi connectivity index (χ0) is 24.1. The van der Waals surface area contributed by atoms with E-state index in [-0.39, 0.29) is 23.8 Å². The number of amides is 1. The molecule has 5 nitrogen and oxygen atoms in total. The molecule has 0 saturated heterocycles. The van der Waals surface area contributed by atoms with Gasteiger partial charge in [0.2, 0.25) is 0 Å². The number of nitrogens with one attached hydrogen (secondary N) is 1. The Hall–Kier alpha value is -3.97. The Morgan fingerprint density at radius 2 is 1.76 bits per heavy atom. The van der Waals surface area contributed by atoms with Crippen molar-refractivity contribution < 1.29 is 13.9 Å². The number of nitrogens with zero attached hydrogens (tertiary/aromatic N) is 1. The summed E-state index contributed by atoms with van der Waals surface area (Å²) in [5, 5.41) is 2.81. The van der Waals surface area contributed by atoms with E-state index in [0.717, 1.165) is 16.7 Å². The highest BCUT2D eigenvalue weighted by Crippen LogP contribution is 2.22. The highest BCUT2D eigenvalue weighted by atomic mass is 32.1. The number of halogens is 1. The lowest BCUT2D eigenvalue weighted by Gasteiger charge is -2.08. The Morgan fingerprint density at radius 1 is 1.06 bits per heavy atom. The van der Waals surface area contributed by atoms with Crippen LogP contribution < -0.4 is 24.8 Å². The van der Waals surface area contributed by atoms with Gasteiger partial charge >= 0.3 is 0 Å². The molecule has 4 aromatic rings. The van der Waals surface area contributed by atoms with Gasteiger partial charge in [0.25, 0.3) is 11.5 Å². The van der Waals surface area contributed by atoms with Crippen LogP contribution in [0.15, 0.2) is 77.6 Å². The Balaban J connectivity index is 1.77. The molecule has 0 saturated carbocycles. The van der Waals surface area contributed by atoms with E-state index < -0.39 is 0 Å². The lowest BCUT2D eigenvalue weighted by Crippen LogP contribution is -2.32. The van der Waals surface area contributed by atoms with Gasteiger partial charge in [-0.1, -0.05) is 54.1 Å². The van der Waals surface area contributed by atoms with Gasteiger partial charge in [-0.15, -0.1) is 11.3 Å². The SMILES string of the molecule is COc1ccccc1NC(=O)/C=c1\s/c(=C\c2ccc(C)cc2)c(=O)n1Cc1ccc(F)cc1. The lowest BCUT2D eigenvalue weighted by molar-refractivity contribution is -0.110. The van der Waals surface area contributed by atoms with E-state index in [4.69, 9.17) is 4.74 Å². The van der Waals surface area contributed by atoms with Crippen molar-refractivity contribution in [3.8, 4) is 5.75 Å². The third-order valence-corrected chi connectivity index (χ3v) is 6.24. The summed E-state index contributed by atoms with van der Waals surface area (Å²) in [5.41, 5.74) is 3.08. The molecule has 0 spiro atoms. The summed E-state index contributed by atoms with van der Waals surface area (Å²) in [7, 11) is 1.53. The van der Waals surface area contributed by atoms with Crippen LogP contribution in [0.2, 0.25) is 0 Å². The number of carbonyl (C=O) groups is 1. The number of rotatable bonds is 6. The topological polar surface area (TPSA) is 60.3 Å². The van der Waals surface area contributed by atoms with Crippen LogP contribution in [0.5, 0.6) is 5.75 Å². The molecule has 7 heteroatoms. The van der Waals surface area contributed by atoms with Crippen molar-refractivity contribution in [2.24, 2.45) is 0 Å². The second-order valence-corrected chi connectivity index (χ2v) is 8.77. The van der Waals surface area contributed by atoms with Gasteiger partial charge in [0.05, 0.1) is 23.9 Å². The number of benzene rings is 3. The van der Waals surface area contributed by atoms with Gasteiger partial charge in [-0.25, -0.2) is 4.39 Å². The van der Waals surface area contributed by atoms with Crippen molar-refractivity contribution in [2.45, 2.75) is 13.5 Å². The highest BCUT2D eigenvalue weighted by Gasteiger charge is 2.10. The molecule has 0 bridgehead atoms. The van der Waals surface area contributed by atoms with Gasteiger partial charge in [0, 0.05) is 6.08 Å². The van der Waals surface area contributed by atoms with Crippen LogP contribution >= 0.6 is 11.3 Å². The van der Waals surface area contributed by atoms with Gasteiger partial charge in [-0.2, -0.15) is 0 Å². The number of carbonyl (C=O) groups excluding carboxylic acids is 1. The summed E-state index contributed by atoms with van der Waals surface area (Å²) >= 11 is 1.23. The molecule has 0 radical (unpaired) electrons. The van der Waals surface area contributed by atoms with E-state index in [1.165, 1.54) is 41.2 Å². The summed E-state index contributed by atoms with van der Waals surface area (Å²) < 4.78 is 21.2. The van der Waals surface area contributed by atoms with Crippen molar-refractivity contribution in [1.82, 2.24) is 4.57 Å². The van der Waals surface area contributed by atoms with E-state index in [9.17, 15) is 14.0 Å². The summed E-state index contributed by atoms with van der Waals surface area (Å²) in [6, 6.07) is 20.9. The maximum atomic E-state index is 13.4. The first-order valence-electron chi connectivity index (χ1n) is 10.6. The number of aromatic nitrogens is 1. The number of para-hydroxylation sites is 2. The molecule has 0 unspecified atom stereocenters. The predicted octanol–water partition coefficient (Wildman–Crippen LogP) is 3.66. The maximum Gasteiger partial charge on any atom is 0.269 e. The normalized spacial score (nSPS) is 12.1. The summed E-state index contributed by atoms with van der Waals surface area (Å²) in [5.74, 6) is -0.203. The average molecular weight is 475 g/mol. The van der Waals surface area contributed by atoms with Gasteiger partial charge in [0.15, 0.2) is 0 Å². The Labute approximate surface area is 200 Å². The first-order valence-corrected chi connectivity index (χ1v) is 11.4. The van der Waals surface area contributed by atoms with Crippen molar-refractivity contribution in [3.63, 3.8) is 0 Å². The van der Waals surface area contributed by atoms with Gasteiger partial charge in [-0.05, 0) is 48.4 Å². The number of methoxy groups -OCH3 is 1. The quantitative estimate of drug-likeness (QED) is 0.464. The van der Waals surface area contributed by atoms with Crippen molar-refractivity contribution >= 4 is 35.1 Å². The second-order valence-electron chi connectivity index (χ2n) is 7.71. The fourth-order valence-electron chi connectivity index (χ4n) is 3.41. The van der Waals surface area contributed by atoms with Crippen LogP contribution in [-0.2, 0) is 11.3 Å². The van der Waals surface area contributed by atoms with Crippen molar-refractivity contribution in [1.29, 1.82) is 0 Å². The van der Waals surface area contributed by atoms with E-state index in [1.807, 2.05) is 43.3 Å². The predicted molar refractivity (Wildman–Crippen MR) is 134 cm³/mol. The van der Waals surface area contributed by atoms with E-state index >= 15 is 0 Å². The molecule has 0 fully saturated rings. The highest BCUT2D eigenvalue weighted by molar-refractivity contribution is 7.07. The Bertz CT molecular complexity index is 1490. The van der Waals surface area contributed by atoms with Crippen molar-refractivity contribution in [3.05, 3.63) is 115 Å². The molecule has 1 aromatic heterocycles. The fourth-order valence-corrected chi connectivity index (χ4v) is 4.45. The molecule has 0 aliphatic heterocycles. The third-order valence-electron chi connectivity index (χ3n) is 5.18. The lowest BCUT2D eigenvalue weighted by atomic mass is 10.1. The second kappa shape index (κ2) is 10.3. The van der Waals surface area contributed by atoms with Crippen LogP contribution in [0.4, 0.5) is 10.1 Å². The minimum absolute atomic E-state index is 0.213. The zero-order valence-corrected chi connectivity index (χ0v) is 19.6. The number of ether oxygens (including phenoxy) is 1. The molecule has 1 N–H and O–H groups in total. The van der Waals surface area contributed by atoms with Crippen LogP contribution in [-0.4, -0.2) is 17.6 Å². The molecule has 1 amide bonds. The average Bonchev–Trinajstić information content (AvgIpc) is 3.11. The molecule has 172 valence electrons. The molecule has 34 heavy (non-hydrogen) atoms. The molecule has 0 aliphatic rings. The van der Waals surface area contributed by atoms with Crippen LogP contribution in [0.1, 0.15) is 16.7 Å². The third kappa shape index (κ3) is 5.50. The van der Waals surface area contributed by atoms with E-state index in [0.29, 0.717) is 20.6 Å². The smallest absolute Gasteiger partial charge is 0.269 e. The number of anilines is 1. The molecule has 3 aromatic carbocycles. The number of aryl methyl sites for hydroxylation is 1. The van der Waals surface area contributed by atoms with Gasteiger partial charge in [-0.3, -0.25) is 14.2 Å². The molecule has 4 rings (SSSR count). The first kappa shape index (κ1) is 23.2. The summed E-state index contributed by atoms with van der Waals surface area (Å²) in [6.45, 7) is 2.21. The van der Waals surface area contributed by atoms with Gasteiger partial charge < -0.3 is 10.1 Å². The van der Waals surface area contributed by atoms with E-state index in [2.05, 4.69) is 5.32 Å².